The molecular weight excluding hydrogens is 244 g/mol. The van der Waals surface area contributed by atoms with Crippen LogP contribution in [0.5, 0.6) is 0 Å². The smallest absolute Gasteiger partial charge is 0.160 e. The van der Waals surface area contributed by atoms with Crippen LogP contribution < -0.4 is 0 Å². The Morgan fingerprint density at radius 1 is 1.13 bits per heavy atom. The summed E-state index contributed by atoms with van der Waals surface area (Å²) in [6.07, 6.45) is 1.91. The molecule has 0 amide bonds. The highest BCUT2D eigenvalue weighted by atomic mass is 32.1. The molecule has 1 nitrogen and oxygen atoms in total. The van der Waals surface area contributed by atoms with Gasteiger partial charge in [-0.2, -0.15) is 12.6 Å². The van der Waals surface area contributed by atoms with E-state index < -0.39 is 0 Å². The van der Waals surface area contributed by atoms with Crippen molar-refractivity contribution in [2.75, 3.05) is 5.75 Å². The first-order valence-corrected chi connectivity index (χ1v) is 6.85. The Bertz CT molecular complexity index is 456. The highest BCUT2D eigenvalue weighted by molar-refractivity contribution is 7.80. The first kappa shape index (κ1) is 10.9. The van der Waals surface area contributed by atoms with Gasteiger partial charge in [-0.3, -0.25) is 4.79 Å². The molecule has 0 aliphatic rings. The van der Waals surface area contributed by atoms with Gasteiger partial charge in [0, 0.05) is 14.6 Å². The molecule has 2 aromatic rings. The molecule has 0 N–H and O–H groups in total. The van der Waals surface area contributed by atoms with Crippen LogP contribution in [-0.2, 0) is 6.42 Å². The monoisotopic (exact) mass is 254 g/mol. The van der Waals surface area contributed by atoms with Crippen LogP contribution in [0.1, 0.15) is 14.5 Å². The highest BCUT2D eigenvalue weighted by Crippen LogP contribution is 2.33. The number of thiophene rings is 2. The highest BCUT2D eigenvalue weighted by Gasteiger charge is 2.05. The number of thiol groups is 1. The van der Waals surface area contributed by atoms with Crippen molar-refractivity contribution in [3.05, 3.63) is 34.0 Å². The summed E-state index contributed by atoms with van der Waals surface area (Å²) < 4.78 is 0. The fourth-order valence-corrected chi connectivity index (χ4v) is 3.62. The van der Waals surface area contributed by atoms with E-state index in [2.05, 4.69) is 24.8 Å². The summed E-state index contributed by atoms with van der Waals surface area (Å²) in [5, 5.41) is 0. The van der Waals surface area contributed by atoms with E-state index in [0.717, 1.165) is 23.3 Å². The third kappa shape index (κ3) is 2.51. The van der Waals surface area contributed by atoms with Gasteiger partial charge >= 0.3 is 0 Å². The number of carbonyl (C=O) groups excluding carboxylic acids is 1. The van der Waals surface area contributed by atoms with Gasteiger partial charge in [-0.05, 0) is 36.4 Å². The molecule has 0 saturated heterocycles. The number of carbonyl (C=O) groups is 1. The molecule has 0 aliphatic carbocycles. The van der Waals surface area contributed by atoms with Gasteiger partial charge in [0.05, 0.1) is 4.88 Å². The summed E-state index contributed by atoms with van der Waals surface area (Å²) in [5.41, 5.74) is 0. The van der Waals surface area contributed by atoms with Crippen molar-refractivity contribution in [2.45, 2.75) is 6.42 Å². The third-order valence-electron chi connectivity index (χ3n) is 2.01. The maximum Gasteiger partial charge on any atom is 0.160 e. The van der Waals surface area contributed by atoms with Crippen molar-refractivity contribution in [1.29, 1.82) is 0 Å². The number of hydrogen-bond acceptors (Lipinski definition) is 4. The lowest BCUT2D eigenvalue weighted by molar-refractivity contribution is 0.112. The van der Waals surface area contributed by atoms with Gasteiger partial charge in [-0.25, -0.2) is 0 Å². The lowest BCUT2D eigenvalue weighted by atomic mass is 10.3. The summed E-state index contributed by atoms with van der Waals surface area (Å²) in [4.78, 5) is 15.1. The second-order valence-electron chi connectivity index (χ2n) is 3.06. The van der Waals surface area contributed by atoms with E-state index in [0.29, 0.717) is 0 Å². The molecule has 4 heteroatoms. The van der Waals surface area contributed by atoms with Crippen LogP contribution in [0.4, 0.5) is 0 Å². The summed E-state index contributed by atoms with van der Waals surface area (Å²) >= 11 is 7.53. The summed E-state index contributed by atoms with van der Waals surface area (Å²) in [7, 11) is 0. The molecule has 0 aromatic carbocycles. The molecule has 0 bridgehead atoms. The quantitative estimate of drug-likeness (QED) is 0.649. The van der Waals surface area contributed by atoms with E-state index in [-0.39, 0.29) is 0 Å². The van der Waals surface area contributed by atoms with Crippen LogP contribution in [0, 0.1) is 0 Å². The normalized spacial score (nSPS) is 10.5. The average Bonchev–Trinajstić information content (AvgIpc) is 2.85. The zero-order chi connectivity index (χ0) is 10.7. The minimum atomic E-state index is 0.786. The molecule has 0 aliphatic heterocycles. The van der Waals surface area contributed by atoms with Crippen molar-refractivity contribution in [3.8, 4) is 9.75 Å². The zero-order valence-corrected chi connectivity index (χ0v) is 10.5. The van der Waals surface area contributed by atoms with Crippen molar-refractivity contribution in [1.82, 2.24) is 0 Å². The number of aldehydes is 1. The topological polar surface area (TPSA) is 17.1 Å². The molecule has 78 valence electrons. The van der Waals surface area contributed by atoms with E-state index in [4.69, 9.17) is 0 Å². The minimum Gasteiger partial charge on any atom is -0.297 e. The van der Waals surface area contributed by atoms with Gasteiger partial charge in [0.1, 0.15) is 0 Å². The Labute approximate surface area is 102 Å². The molecule has 2 aromatic heterocycles. The minimum absolute atomic E-state index is 0.786. The molecule has 0 spiro atoms. The number of hydrogen-bond donors (Lipinski definition) is 1. The largest absolute Gasteiger partial charge is 0.297 e. The molecule has 2 heterocycles. The summed E-state index contributed by atoms with van der Waals surface area (Å²) in [5.74, 6) is 0.879. The molecule has 0 saturated carbocycles. The van der Waals surface area contributed by atoms with Crippen LogP contribution in [-0.4, -0.2) is 12.0 Å². The SMILES string of the molecule is O=Cc1ccc(-c2ccc(CCS)s2)s1. The molecule has 0 atom stereocenters. The molecule has 0 fully saturated rings. The fraction of sp³-hybridized carbons (Fsp3) is 0.182. The Kier molecular flexibility index (Phi) is 3.61. The van der Waals surface area contributed by atoms with Gasteiger partial charge < -0.3 is 0 Å². The third-order valence-corrected chi connectivity index (χ3v) is 4.58. The van der Waals surface area contributed by atoms with E-state index in [1.807, 2.05) is 12.1 Å². The van der Waals surface area contributed by atoms with Gasteiger partial charge in [0.25, 0.3) is 0 Å². The van der Waals surface area contributed by atoms with Crippen LogP contribution in [0.15, 0.2) is 24.3 Å². The lowest BCUT2D eigenvalue weighted by Gasteiger charge is -1.90. The Balaban J connectivity index is 2.24. The first-order valence-electron chi connectivity index (χ1n) is 4.58. The van der Waals surface area contributed by atoms with Crippen LogP contribution in [0.3, 0.4) is 0 Å². The van der Waals surface area contributed by atoms with Crippen molar-refractivity contribution in [3.63, 3.8) is 0 Å². The van der Waals surface area contributed by atoms with E-state index in [1.165, 1.54) is 14.6 Å². The van der Waals surface area contributed by atoms with Gasteiger partial charge in [-0.1, -0.05) is 0 Å². The van der Waals surface area contributed by atoms with E-state index >= 15 is 0 Å². The first-order chi connectivity index (χ1) is 7.33. The molecular formula is C11H10OS3. The van der Waals surface area contributed by atoms with Crippen molar-refractivity contribution in [2.24, 2.45) is 0 Å². The second kappa shape index (κ2) is 4.96. The Hall–Kier alpha value is -0.580. The average molecular weight is 254 g/mol. The summed E-state index contributed by atoms with van der Waals surface area (Å²) in [6.45, 7) is 0. The lowest BCUT2D eigenvalue weighted by Crippen LogP contribution is -1.77. The van der Waals surface area contributed by atoms with Crippen LogP contribution in [0.2, 0.25) is 0 Å². The summed E-state index contributed by atoms with van der Waals surface area (Å²) in [6, 6.07) is 8.12. The Morgan fingerprint density at radius 3 is 2.53 bits per heavy atom. The second-order valence-corrected chi connectivity index (χ2v) is 5.79. The standard InChI is InChI=1S/C11H10OS3/c12-7-9-2-4-11(15-9)10-3-1-8(14-10)5-6-13/h1-4,7,13H,5-6H2. The fourth-order valence-electron chi connectivity index (χ4n) is 1.30. The van der Waals surface area contributed by atoms with E-state index in [9.17, 15) is 4.79 Å². The van der Waals surface area contributed by atoms with Gasteiger partial charge in [0.15, 0.2) is 6.29 Å². The predicted octanol–water partition coefficient (Wildman–Crippen LogP) is 3.76. The maximum atomic E-state index is 10.6. The molecule has 0 unspecified atom stereocenters. The maximum absolute atomic E-state index is 10.6. The van der Waals surface area contributed by atoms with Crippen molar-refractivity contribution >= 4 is 41.6 Å². The van der Waals surface area contributed by atoms with Crippen molar-refractivity contribution < 1.29 is 4.79 Å². The predicted molar refractivity (Wildman–Crippen MR) is 70.6 cm³/mol. The van der Waals surface area contributed by atoms with Gasteiger partial charge in [0.2, 0.25) is 0 Å². The van der Waals surface area contributed by atoms with E-state index in [1.54, 1.807) is 22.7 Å². The van der Waals surface area contributed by atoms with Gasteiger partial charge in [-0.15, -0.1) is 22.7 Å². The zero-order valence-electron chi connectivity index (χ0n) is 7.97. The van der Waals surface area contributed by atoms with Crippen LogP contribution in [0.25, 0.3) is 9.75 Å². The number of rotatable bonds is 4. The van der Waals surface area contributed by atoms with Crippen LogP contribution >= 0.6 is 35.3 Å². The molecule has 0 radical (unpaired) electrons. The molecule has 15 heavy (non-hydrogen) atoms. The Morgan fingerprint density at radius 2 is 1.87 bits per heavy atom. The number of aryl methyl sites for hydroxylation is 1. The molecule has 2 rings (SSSR count).